The van der Waals surface area contributed by atoms with Gasteiger partial charge in [0.15, 0.2) is 17.5 Å². The molecule has 0 bridgehead atoms. The number of hydrogen-bond acceptors (Lipinski definition) is 5. The van der Waals surface area contributed by atoms with Crippen LogP contribution in [0.1, 0.15) is 11.1 Å². The second kappa shape index (κ2) is 13.1. The number of furan rings is 1. The number of hydrogen-bond donors (Lipinski definition) is 0. The van der Waals surface area contributed by atoms with Crippen molar-refractivity contribution >= 4 is 75.3 Å². The van der Waals surface area contributed by atoms with Crippen molar-refractivity contribution in [2.75, 3.05) is 0 Å². The average Bonchev–Trinajstić information content (AvgIpc) is 3.97. The van der Waals surface area contributed by atoms with Gasteiger partial charge in [-0.2, -0.15) is 0 Å². The first-order valence-electron chi connectivity index (χ1n) is 19.5. The van der Waals surface area contributed by atoms with Crippen LogP contribution in [0.3, 0.4) is 0 Å². The monoisotopic (exact) mass is 760 g/mol. The molecule has 5 nitrogen and oxygen atoms in total. The van der Waals surface area contributed by atoms with Crippen LogP contribution in [0.5, 0.6) is 0 Å². The minimum absolute atomic E-state index is 0.659. The molecule has 12 rings (SSSR count). The van der Waals surface area contributed by atoms with E-state index in [1.165, 1.54) is 48.4 Å². The van der Waals surface area contributed by atoms with Crippen LogP contribution < -0.4 is 0 Å². The van der Waals surface area contributed by atoms with Crippen LogP contribution in [0.15, 0.2) is 186 Å². The van der Waals surface area contributed by atoms with Gasteiger partial charge in [-0.05, 0) is 60.0 Å². The topological polar surface area (TPSA) is 56.7 Å². The summed E-state index contributed by atoms with van der Waals surface area (Å²) < 4.78 is 11.4. The highest BCUT2D eigenvalue weighted by molar-refractivity contribution is 7.26. The average molecular weight is 761 g/mol. The Hall–Kier alpha value is -7.41. The van der Waals surface area contributed by atoms with Crippen molar-refractivity contribution < 1.29 is 4.42 Å². The van der Waals surface area contributed by atoms with E-state index in [1.54, 1.807) is 11.3 Å². The van der Waals surface area contributed by atoms with E-state index in [0.29, 0.717) is 17.5 Å². The molecule has 8 aromatic carbocycles. The van der Waals surface area contributed by atoms with E-state index in [9.17, 15) is 0 Å². The van der Waals surface area contributed by atoms with Gasteiger partial charge in [0.2, 0.25) is 0 Å². The third-order valence-electron chi connectivity index (χ3n) is 11.3. The van der Waals surface area contributed by atoms with E-state index >= 15 is 0 Å². The Labute approximate surface area is 337 Å². The van der Waals surface area contributed by atoms with E-state index in [0.717, 1.165) is 55.4 Å². The third-order valence-corrected chi connectivity index (χ3v) is 12.5. The summed E-state index contributed by atoms with van der Waals surface area (Å²) in [6, 6.07) is 63.9. The summed E-state index contributed by atoms with van der Waals surface area (Å²) >= 11 is 1.80. The van der Waals surface area contributed by atoms with Crippen LogP contribution in [-0.4, -0.2) is 19.5 Å². The fourth-order valence-corrected chi connectivity index (χ4v) is 9.99. The number of benzene rings is 8. The Bertz CT molecular complexity index is 3440. The third kappa shape index (κ3) is 5.19. The molecule has 6 heteroatoms. The molecule has 0 fully saturated rings. The molecule has 0 unspecified atom stereocenters. The summed E-state index contributed by atoms with van der Waals surface area (Å²) in [7, 11) is 0. The van der Waals surface area contributed by atoms with Crippen molar-refractivity contribution in [1.29, 1.82) is 0 Å². The van der Waals surface area contributed by atoms with Crippen molar-refractivity contribution in [2.45, 2.75) is 6.42 Å². The van der Waals surface area contributed by atoms with E-state index in [2.05, 4.69) is 126 Å². The number of fused-ring (bicyclic) bond motifs is 9. The van der Waals surface area contributed by atoms with Gasteiger partial charge in [-0.25, -0.2) is 15.0 Å². The normalized spacial score (nSPS) is 11.9. The van der Waals surface area contributed by atoms with Crippen LogP contribution in [0.25, 0.3) is 104 Å². The second-order valence-corrected chi connectivity index (χ2v) is 15.8. The predicted molar refractivity (Wildman–Crippen MR) is 240 cm³/mol. The fourth-order valence-electron chi connectivity index (χ4n) is 8.71. The smallest absolute Gasteiger partial charge is 0.165 e. The quantitative estimate of drug-likeness (QED) is 0.169. The van der Waals surface area contributed by atoms with Gasteiger partial charge >= 0.3 is 0 Å². The number of aromatic nitrogens is 4. The molecule has 0 radical (unpaired) electrons. The summed E-state index contributed by atoms with van der Waals surface area (Å²) in [5.74, 6) is 1.99. The maximum atomic E-state index is 6.60. The molecule has 4 heterocycles. The molecule has 272 valence electrons. The Morgan fingerprint density at radius 3 is 1.76 bits per heavy atom. The molecule has 12 aromatic rings. The summed E-state index contributed by atoms with van der Waals surface area (Å²) in [5, 5.41) is 7.21. The predicted octanol–water partition coefficient (Wildman–Crippen LogP) is 13.8. The summed E-state index contributed by atoms with van der Waals surface area (Å²) in [6.07, 6.45) is 0.763. The maximum absolute atomic E-state index is 6.60. The van der Waals surface area contributed by atoms with Gasteiger partial charge in [0.1, 0.15) is 11.2 Å². The first-order chi connectivity index (χ1) is 28.7. The van der Waals surface area contributed by atoms with Gasteiger partial charge in [-0.3, -0.25) is 0 Å². The molecular weight excluding hydrogens is 729 g/mol. The molecule has 0 N–H and O–H groups in total. The number of para-hydroxylation sites is 2. The molecule has 0 amide bonds. The van der Waals surface area contributed by atoms with E-state index in [-0.39, 0.29) is 0 Å². The minimum atomic E-state index is 0.659. The molecule has 0 aliphatic heterocycles. The van der Waals surface area contributed by atoms with Crippen molar-refractivity contribution in [2.24, 2.45) is 0 Å². The standard InChI is InChI=1S/C52H32N4OS/c1-3-14-33(15-4-1)50-53-51(34-16-5-2-6-17-34)55-52(54-50)40-22-12-21-39-38-29-28-32(31-46(38)58-49(39)40)30-35-18-11-26-44-47(35)48-43(25-13-27-45(48)57-44)56-41-23-9-7-19-36(41)37-20-8-10-24-42(37)56/h1-29,31H,30H2. The van der Waals surface area contributed by atoms with Gasteiger partial charge in [0.05, 0.1) is 22.1 Å². The molecular formula is C52H32N4OS. The lowest BCUT2D eigenvalue weighted by Gasteiger charge is -2.11. The molecule has 0 saturated heterocycles. The lowest BCUT2D eigenvalue weighted by molar-refractivity contribution is 0.668. The van der Waals surface area contributed by atoms with Crippen LogP contribution in [-0.2, 0) is 6.42 Å². The van der Waals surface area contributed by atoms with Crippen LogP contribution >= 0.6 is 11.3 Å². The zero-order valence-electron chi connectivity index (χ0n) is 31.1. The molecule has 0 spiro atoms. The Morgan fingerprint density at radius 2 is 1.05 bits per heavy atom. The summed E-state index contributed by atoms with van der Waals surface area (Å²) in [5.41, 5.74) is 10.7. The Kier molecular flexibility index (Phi) is 7.40. The maximum Gasteiger partial charge on any atom is 0.165 e. The van der Waals surface area contributed by atoms with Gasteiger partial charge in [-0.1, -0.05) is 140 Å². The first kappa shape index (κ1) is 32.8. The van der Waals surface area contributed by atoms with E-state index in [1.807, 2.05) is 60.7 Å². The summed E-state index contributed by atoms with van der Waals surface area (Å²) in [4.78, 5) is 15.1. The molecule has 0 aliphatic rings. The highest BCUT2D eigenvalue weighted by atomic mass is 32.1. The van der Waals surface area contributed by atoms with Crippen molar-refractivity contribution in [1.82, 2.24) is 19.5 Å². The fraction of sp³-hybridized carbons (Fsp3) is 0.0192. The van der Waals surface area contributed by atoms with E-state index < -0.39 is 0 Å². The lowest BCUT2D eigenvalue weighted by atomic mass is 9.98. The number of nitrogens with zero attached hydrogens (tertiary/aromatic N) is 4. The van der Waals surface area contributed by atoms with Crippen molar-refractivity contribution in [3.8, 4) is 39.9 Å². The molecule has 0 saturated carbocycles. The van der Waals surface area contributed by atoms with Gasteiger partial charge in [0, 0.05) is 53.0 Å². The van der Waals surface area contributed by atoms with Crippen LogP contribution in [0, 0.1) is 0 Å². The first-order valence-corrected chi connectivity index (χ1v) is 20.3. The Morgan fingerprint density at radius 1 is 0.466 bits per heavy atom. The molecule has 4 aromatic heterocycles. The zero-order chi connectivity index (χ0) is 38.2. The van der Waals surface area contributed by atoms with Crippen LogP contribution in [0.2, 0.25) is 0 Å². The molecule has 0 atom stereocenters. The number of thiophene rings is 1. The SMILES string of the molecule is c1ccc(-c2nc(-c3ccccc3)nc(-c3cccc4c3sc3cc(Cc5cccc6oc7cccc(-n8c9ccccc9c9ccccc98)c7c56)ccc34)n2)cc1. The molecule has 0 aliphatic carbocycles. The second-order valence-electron chi connectivity index (χ2n) is 14.7. The minimum Gasteiger partial charge on any atom is -0.456 e. The van der Waals surface area contributed by atoms with Crippen molar-refractivity contribution in [3.05, 3.63) is 193 Å². The van der Waals surface area contributed by atoms with Crippen molar-refractivity contribution in [3.63, 3.8) is 0 Å². The largest absolute Gasteiger partial charge is 0.456 e. The van der Waals surface area contributed by atoms with E-state index in [4.69, 9.17) is 19.4 Å². The highest BCUT2D eigenvalue weighted by Gasteiger charge is 2.21. The zero-order valence-corrected chi connectivity index (χ0v) is 31.9. The number of rotatable bonds is 6. The Balaban J connectivity index is 0.991. The molecule has 58 heavy (non-hydrogen) atoms. The summed E-state index contributed by atoms with van der Waals surface area (Å²) in [6.45, 7) is 0. The highest BCUT2D eigenvalue weighted by Crippen LogP contribution is 2.42. The lowest BCUT2D eigenvalue weighted by Crippen LogP contribution is -2.00. The van der Waals surface area contributed by atoms with Gasteiger partial charge in [-0.15, -0.1) is 11.3 Å². The van der Waals surface area contributed by atoms with Gasteiger partial charge < -0.3 is 8.98 Å². The van der Waals surface area contributed by atoms with Crippen LogP contribution in [0.4, 0.5) is 0 Å². The van der Waals surface area contributed by atoms with Gasteiger partial charge in [0.25, 0.3) is 0 Å².